The maximum atomic E-state index is 12.8. The first-order chi connectivity index (χ1) is 17.5. The SMILES string of the molecule is COc1ccc2ncc(Cl)c(C(O)CCC3(C(=O)NO)CCN(CCCSc4ccsc4)CC3)c2c1. The van der Waals surface area contributed by atoms with Crippen LogP contribution in [0, 0.1) is 5.41 Å². The number of aromatic nitrogens is 1. The van der Waals surface area contributed by atoms with Crippen LogP contribution >= 0.6 is 34.7 Å². The zero-order chi connectivity index (χ0) is 25.5. The van der Waals surface area contributed by atoms with Gasteiger partial charge in [-0.25, -0.2) is 5.48 Å². The van der Waals surface area contributed by atoms with Crippen LogP contribution in [0.1, 0.15) is 43.8 Å². The molecule has 1 aliphatic rings. The number of pyridine rings is 1. The van der Waals surface area contributed by atoms with E-state index in [4.69, 9.17) is 16.3 Å². The monoisotopic (exact) mass is 549 g/mol. The number of halogens is 1. The van der Waals surface area contributed by atoms with Crippen LogP contribution in [0.2, 0.25) is 5.02 Å². The quantitative estimate of drug-likeness (QED) is 0.125. The third-order valence-electron chi connectivity index (χ3n) is 7.08. The second-order valence-corrected chi connectivity index (χ2v) is 11.5. The van der Waals surface area contributed by atoms with E-state index in [1.807, 2.05) is 35.4 Å². The molecule has 0 aliphatic carbocycles. The van der Waals surface area contributed by atoms with Crippen LogP contribution in [0.25, 0.3) is 10.9 Å². The topological polar surface area (TPSA) is 94.9 Å². The van der Waals surface area contributed by atoms with Crippen molar-refractivity contribution < 1.29 is 19.8 Å². The van der Waals surface area contributed by atoms with Crippen molar-refractivity contribution in [3.05, 3.63) is 51.8 Å². The molecule has 0 radical (unpaired) electrons. The molecule has 1 atom stereocenters. The largest absolute Gasteiger partial charge is 0.497 e. The van der Waals surface area contributed by atoms with Gasteiger partial charge in [-0.3, -0.25) is 15.0 Å². The number of aliphatic hydroxyl groups is 1. The van der Waals surface area contributed by atoms with E-state index in [-0.39, 0.29) is 5.91 Å². The number of methoxy groups -OCH3 is 1. The third kappa shape index (κ3) is 6.33. The highest BCUT2D eigenvalue weighted by Gasteiger charge is 2.41. The number of hydrogen-bond donors (Lipinski definition) is 3. The number of hydroxylamine groups is 1. The highest BCUT2D eigenvalue weighted by molar-refractivity contribution is 7.99. The van der Waals surface area contributed by atoms with Gasteiger partial charge in [0.1, 0.15) is 5.75 Å². The van der Waals surface area contributed by atoms with Crippen LogP contribution in [0.3, 0.4) is 0 Å². The normalized spacial score (nSPS) is 16.7. The van der Waals surface area contributed by atoms with Gasteiger partial charge in [-0.05, 0) is 87.1 Å². The fourth-order valence-electron chi connectivity index (χ4n) is 4.92. The maximum Gasteiger partial charge on any atom is 0.249 e. The Labute approximate surface area is 224 Å². The second kappa shape index (κ2) is 12.6. The lowest BCUT2D eigenvalue weighted by Crippen LogP contribution is -2.48. The summed E-state index contributed by atoms with van der Waals surface area (Å²) < 4.78 is 5.34. The summed E-state index contributed by atoms with van der Waals surface area (Å²) in [5.41, 5.74) is 2.45. The molecule has 0 saturated carbocycles. The molecule has 0 spiro atoms. The number of carbonyl (C=O) groups is 1. The number of piperidine rings is 1. The van der Waals surface area contributed by atoms with Gasteiger partial charge in [0.15, 0.2) is 0 Å². The molecule has 36 heavy (non-hydrogen) atoms. The van der Waals surface area contributed by atoms with Crippen molar-refractivity contribution in [2.75, 3.05) is 32.5 Å². The van der Waals surface area contributed by atoms with E-state index in [1.165, 1.54) is 4.90 Å². The van der Waals surface area contributed by atoms with Gasteiger partial charge in [0.25, 0.3) is 0 Å². The number of aliphatic hydroxyl groups excluding tert-OH is 1. The summed E-state index contributed by atoms with van der Waals surface area (Å²) in [6.45, 7) is 2.54. The standard InChI is InChI=1S/C26H32ClN3O4S2/c1-34-18-3-4-22-20(15-18)24(21(27)16-28-22)23(31)5-7-26(25(32)29-33)8-11-30(12-9-26)10-2-13-36-19-6-14-35-17-19/h3-4,6,14-17,23,31,33H,2,5,7-13H2,1H3,(H,29,32). The Hall–Kier alpha value is -1.88. The third-order valence-corrected chi connectivity index (χ3v) is 9.29. The highest BCUT2D eigenvalue weighted by atomic mass is 35.5. The Balaban J connectivity index is 1.38. The lowest BCUT2D eigenvalue weighted by atomic mass is 9.73. The molecular weight excluding hydrogens is 518 g/mol. The average Bonchev–Trinajstić information content (AvgIpc) is 3.43. The number of rotatable bonds is 11. The van der Waals surface area contributed by atoms with Gasteiger partial charge in [0.05, 0.1) is 29.2 Å². The Bertz CT molecular complexity index is 1150. The van der Waals surface area contributed by atoms with E-state index in [9.17, 15) is 15.1 Å². The van der Waals surface area contributed by atoms with Crippen molar-refractivity contribution >= 4 is 51.5 Å². The van der Waals surface area contributed by atoms with Gasteiger partial charge in [-0.2, -0.15) is 11.3 Å². The summed E-state index contributed by atoms with van der Waals surface area (Å²) in [6.07, 6.45) is 3.76. The molecule has 1 amide bonds. The maximum absolute atomic E-state index is 12.8. The van der Waals surface area contributed by atoms with E-state index in [2.05, 4.69) is 26.7 Å². The van der Waals surface area contributed by atoms with Crippen LogP contribution in [0.4, 0.5) is 0 Å². The smallest absolute Gasteiger partial charge is 0.249 e. The number of carbonyl (C=O) groups excluding carboxylic acids is 1. The number of fused-ring (bicyclic) bond motifs is 1. The molecule has 7 nitrogen and oxygen atoms in total. The number of amides is 1. The molecule has 1 aromatic carbocycles. The molecule has 2 aromatic heterocycles. The van der Waals surface area contributed by atoms with Gasteiger partial charge in [-0.15, -0.1) is 11.8 Å². The van der Waals surface area contributed by atoms with Gasteiger partial charge in [0, 0.05) is 27.4 Å². The lowest BCUT2D eigenvalue weighted by molar-refractivity contribution is -0.143. The minimum absolute atomic E-state index is 0.334. The summed E-state index contributed by atoms with van der Waals surface area (Å²) in [4.78, 5) is 20.8. The van der Waals surface area contributed by atoms with Crippen molar-refractivity contribution in [2.24, 2.45) is 5.41 Å². The zero-order valence-electron chi connectivity index (χ0n) is 20.3. The number of benzene rings is 1. The molecular formula is C26H32ClN3O4S2. The average molecular weight is 550 g/mol. The van der Waals surface area contributed by atoms with Crippen LogP contribution in [-0.2, 0) is 4.79 Å². The first-order valence-electron chi connectivity index (χ1n) is 12.1. The van der Waals surface area contributed by atoms with Crippen LogP contribution in [0.15, 0.2) is 46.1 Å². The van der Waals surface area contributed by atoms with E-state index in [0.717, 1.165) is 37.2 Å². The summed E-state index contributed by atoms with van der Waals surface area (Å²) >= 11 is 10.0. The van der Waals surface area contributed by atoms with Crippen molar-refractivity contribution in [1.29, 1.82) is 0 Å². The van der Waals surface area contributed by atoms with Crippen LogP contribution in [0.5, 0.6) is 5.75 Å². The highest BCUT2D eigenvalue weighted by Crippen LogP contribution is 2.41. The van der Waals surface area contributed by atoms with Gasteiger partial charge < -0.3 is 14.7 Å². The number of thioether (sulfide) groups is 1. The first-order valence-corrected chi connectivity index (χ1v) is 14.4. The predicted octanol–water partition coefficient (Wildman–Crippen LogP) is 5.54. The fraction of sp³-hybridized carbons (Fsp3) is 0.462. The van der Waals surface area contributed by atoms with Crippen molar-refractivity contribution in [2.45, 2.75) is 43.1 Å². The molecule has 3 N–H and O–H groups in total. The number of nitrogens with zero attached hydrogens (tertiary/aromatic N) is 2. The molecule has 3 heterocycles. The molecule has 3 aromatic rings. The van der Waals surface area contributed by atoms with Gasteiger partial charge in [0.2, 0.25) is 5.91 Å². The van der Waals surface area contributed by atoms with Crippen LogP contribution < -0.4 is 10.2 Å². The van der Waals surface area contributed by atoms with E-state index in [1.54, 1.807) is 24.6 Å². The Morgan fingerprint density at radius 2 is 2.17 bits per heavy atom. The Morgan fingerprint density at radius 3 is 2.86 bits per heavy atom. The van der Waals surface area contributed by atoms with Gasteiger partial charge >= 0.3 is 0 Å². The van der Waals surface area contributed by atoms with E-state index < -0.39 is 11.5 Å². The van der Waals surface area contributed by atoms with E-state index in [0.29, 0.717) is 47.5 Å². The Morgan fingerprint density at radius 1 is 1.36 bits per heavy atom. The summed E-state index contributed by atoms with van der Waals surface area (Å²) in [5.74, 6) is 1.33. The second-order valence-electron chi connectivity index (χ2n) is 9.18. The number of ether oxygens (including phenoxy) is 1. The number of thiophene rings is 1. The van der Waals surface area contributed by atoms with Gasteiger partial charge in [-0.1, -0.05) is 11.6 Å². The number of likely N-dealkylation sites (tertiary alicyclic amines) is 1. The summed E-state index contributed by atoms with van der Waals surface area (Å²) in [7, 11) is 1.58. The van der Waals surface area contributed by atoms with E-state index >= 15 is 0 Å². The minimum Gasteiger partial charge on any atom is -0.497 e. The minimum atomic E-state index is -0.884. The molecule has 1 saturated heterocycles. The molecule has 0 bridgehead atoms. The molecule has 10 heteroatoms. The zero-order valence-corrected chi connectivity index (χ0v) is 22.7. The molecule has 1 aliphatic heterocycles. The number of nitrogens with one attached hydrogen (secondary N) is 1. The Kier molecular flexibility index (Phi) is 9.49. The van der Waals surface area contributed by atoms with Crippen molar-refractivity contribution in [1.82, 2.24) is 15.4 Å². The molecule has 1 fully saturated rings. The lowest BCUT2D eigenvalue weighted by Gasteiger charge is -2.40. The molecule has 194 valence electrons. The predicted molar refractivity (Wildman–Crippen MR) is 145 cm³/mol. The summed E-state index contributed by atoms with van der Waals surface area (Å²) in [5, 5.41) is 26.0. The fourth-order valence-corrected chi connectivity index (χ4v) is 6.91. The summed E-state index contributed by atoms with van der Waals surface area (Å²) in [6, 6.07) is 7.60. The van der Waals surface area contributed by atoms with Crippen molar-refractivity contribution in [3.8, 4) is 5.75 Å². The molecule has 1 unspecified atom stereocenters. The molecule has 4 rings (SSSR count). The first kappa shape index (κ1) is 27.2. The van der Waals surface area contributed by atoms with Crippen LogP contribution in [-0.4, -0.2) is 58.6 Å². The number of hydrogen-bond acceptors (Lipinski definition) is 8. The van der Waals surface area contributed by atoms with Crippen molar-refractivity contribution in [3.63, 3.8) is 0 Å².